The van der Waals surface area contributed by atoms with Crippen LogP contribution in [-0.2, 0) is 22.5 Å². The van der Waals surface area contributed by atoms with Crippen LogP contribution in [-0.4, -0.2) is 17.1 Å². The zero-order valence-corrected chi connectivity index (χ0v) is 14.3. The second kappa shape index (κ2) is 9.19. The zero-order valence-electron chi connectivity index (χ0n) is 13.4. The van der Waals surface area contributed by atoms with Crippen LogP contribution < -0.4 is 5.32 Å². The highest BCUT2D eigenvalue weighted by atomic mass is 32.2. The van der Waals surface area contributed by atoms with Gasteiger partial charge in [-0.2, -0.15) is 0 Å². The Hall–Kier alpha value is -2.38. The molecule has 1 unspecified atom stereocenters. The topological polar surface area (TPSA) is 61.4 Å². The van der Waals surface area contributed by atoms with Crippen LogP contribution in [0.4, 0.5) is 13.6 Å². The molecule has 0 aromatic heterocycles. The predicted octanol–water partition coefficient (Wildman–Crippen LogP) is 4.14. The van der Waals surface area contributed by atoms with Gasteiger partial charge in [-0.05, 0) is 24.6 Å². The second-order valence-electron chi connectivity index (χ2n) is 5.17. The number of nitrogens with one attached hydrogen (secondary N) is 1. The van der Waals surface area contributed by atoms with Crippen molar-refractivity contribution in [2.24, 2.45) is 0 Å². The van der Waals surface area contributed by atoms with Crippen molar-refractivity contribution in [1.29, 1.82) is 0 Å². The van der Waals surface area contributed by atoms with Crippen LogP contribution in [0.3, 0.4) is 0 Å². The Labute approximate surface area is 147 Å². The summed E-state index contributed by atoms with van der Waals surface area (Å²) in [4.78, 5) is 12.1. The Bertz CT molecular complexity index is 721. The third kappa shape index (κ3) is 6.21. The third-order valence-electron chi connectivity index (χ3n) is 3.18. The van der Waals surface area contributed by atoms with Crippen molar-refractivity contribution in [2.75, 3.05) is 0 Å². The van der Waals surface area contributed by atoms with Gasteiger partial charge in [-0.1, -0.05) is 48.0 Å². The van der Waals surface area contributed by atoms with Crippen molar-refractivity contribution in [3.8, 4) is 0 Å². The number of hydrogen-bond donors (Lipinski definition) is 1. The number of ether oxygens (including phenoxy) is 1. The van der Waals surface area contributed by atoms with Gasteiger partial charge in [0.15, 0.2) is 4.90 Å². The molecule has 0 aliphatic rings. The summed E-state index contributed by atoms with van der Waals surface area (Å²) in [5.41, 5.74) is 0.932. The normalized spacial score (nSPS) is 12.8. The fraction of sp³-hybridized carbons (Fsp3) is 0.167. The van der Waals surface area contributed by atoms with E-state index in [0.717, 1.165) is 16.5 Å². The highest BCUT2D eigenvalue weighted by Gasteiger charge is 2.20. The summed E-state index contributed by atoms with van der Waals surface area (Å²) in [6, 6.07) is 15.4. The maximum absolute atomic E-state index is 13.1. The van der Waals surface area contributed by atoms with Crippen LogP contribution in [0.1, 0.15) is 11.1 Å². The first-order valence-electron chi connectivity index (χ1n) is 7.40. The Morgan fingerprint density at radius 3 is 2.44 bits per heavy atom. The summed E-state index contributed by atoms with van der Waals surface area (Å²) < 4.78 is 43.2. The summed E-state index contributed by atoms with van der Waals surface area (Å²) in [6.45, 7) is 1.81. The number of rotatable bonds is 6. The van der Waals surface area contributed by atoms with Gasteiger partial charge in [-0.3, -0.25) is 5.32 Å². The lowest BCUT2D eigenvalue weighted by atomic mass is 10.2. The SMILES string of the molecule is Cc1ccc([S+]([O-])C=C(NC(=O)OCc2ccccc2)C(F)F)cc1. The molecule has 0 heterocycles. The van der Waals surface area contributed by atoms with Crippen LogP contribution in [0.25, 0.3) is 0 Å². The van der Waals surface area contributed by atoms with Gasteiger partial charge in [-0.15, -0.1) is 0 Å². The van der Waals surface area contributed by atoms with Gasteiger partial charge < -0.3 is 9.29 Å². The Morgan fingerprint density at radius 1 is 1.20 bits per heavy atom. The van der Waals surface area contributed by atoms with E-state index in [1.165, 1.54) is 0 Å². The number of hydrogen-bond acceptors (Lipinski definition) is 3. The number of carbonyl (C=O) groups is 1. The van der Waals surface area contributed by atoms with Gasteiger partial charge in [0.25, 0.3) is 6.43 Å². The molecular weight excluding hydrogens is 348 g/mol. The highest BCUT2D eigenvalue weighted by Crippen LogP contribution is 2.17. The van der Waals surface area contributed by atoms with Crippen molar-refractivity contribution in [1.82, 2.24) is 5.32 Å². The second-order valence-corrected chi connectivity index (χ2v) is 6.47. The average molecular weight is 365 g/mol. The van der Waals surface area contributed by atoms with Crippen LogP contribution in [0.5, 0.6) is 0 Å². The van der Waals surface area contributed by atoms with Gasteiger partial charge in [0.1, 0.15) is 17.7 Å². The molecule has 25 heavy (non-hydrogen) atoms. The standard InChI is InChI=1S/C18H17F2NO3S/c1-13-7-9-15(10-8-13)25(23)12-16(17(19)20)21-18(22)24-11-14-5-3-2-4-6-14/h2-10,12,17H,11H2,1H3,(H,21,22). The number of alkyl halides is 2. The Balaban J connectivity index is 1.99. The summed E-state index contributed by atoms with van der Waals surface area (Å²) in [6.07, 6.45) is -4.02. The molecule has 0 aliphatic carbocycles. The largest absolute Gasteiger partial charge is 0.607 e. The number of alkyl carbamates (subject to hydrolysis) is 1. The molecule has 2 aromatic rings. The maximum atomic E-state index is 13.1. The lowest BCUT2D eigenvalue weighted by molar-refractivity contribution is 0.132. The monoisotopic (exact) mass is 365 g/mol. The molecule has 2 rings (SSSR count). The molecule has 0 aliphatic heterocycles. The highest BCUT2D eigenvalue weighted by molar-refractivity contribution is 7.94. The van der Waals surface area contributed by atoms with Crippen LogP contribution >= 0.6 is 0 Å². The van der Waals surface area contributed by atoms with E-state index in [1.807, 2.05) is 18.3 Å². The lowest BCUT2D eigenvalue weighted by Gasteiger charge is -2.11. The summed E-state index contributed by atoms with van der Waals surface area (Å²) in [7, 11) is 0. The van der Waals surface area contributed by atoms with E-state index < -0.39 is 29.4 Å². The van der Waals surface area contributed by atoms with E-state index in [2.05, 4.69) is 0 Å². The van der Waals surface area contributed by atoms with Crippen molar-refractivity contribution < 1.29 is 22.9 Å². The molecule has 1 atom stereocenters. The minimum Gasteiger partial charge on any atom is -0.607 e. The first kappa shape index (κ1) is 19.0. The van der Waals surface area contributed by atoms with E-state index in [-0.39, 0.29) is 6.61 Å². The minimum absolute atomic E-state index is 0.0513. The molecule has 0 saturated carbocycles. The molecule has 2 aromatic carbocycles. The van der Waals surface area contributed by atoms with Crippen LogP contribution in [0, 0.1) is 6.92 Å². The molecule has 132 valence electrons. The first-order chi connectivity index (χ1) is 12.0. The first-order valence-corrected chi connectivity index (χ1v) is 8.62. The molecule has 0 saturated heterocycles. The quantitative estimate of drug-likeness (QED) is 0.783. The molecule has 7 heteroatoms. The van der Waals surface area contributed by atoms with Gasteiger partial charge in [0, 0.05) is 11.2 Å². The number of carbonyl (C=O) groups excluding carboxylic acids is 1. The number of halogens is 2. The van der Waals surface area contributed by atoms with Gasteiger partial charge in [0.2, 0.25) is 0 Å². The lowest BCUT2D eigenvalue weighted by Crippen LogP contribution is -2.28. The van der Waals surface area contributed by atoms with Crippen molar-refractivity contribution in [2.45, 2.75) is 24.9 Å². The van der Waals surface area contributed by atoms with E-state index in [9.17, 15) is 18.1 Å². The molecule has 1 amide bonds. The van der Waals surface area contributed by atoms with E-state index in [1.54, 1.807) is 48.5 Å². The fourth-order valence-corrected chi connectivity index (χ4v) is 2.80. The minimum atomic E-state index is -2.99. The van der Waals surface area contributed by atoms with Crippen molar-refractivity contribution in [3.63, 3.8) is 0 Å². The summed E-state index contributed by atoms with van der Waals surface area (Å²) in [5, 5.41) is 2.77. The number of aryl methyl sites for hydroxylation is 1. The molecular formula is C18H17F2NO3S. The van der Waals surface area contributed by atoms with Gasteiger partial charge in [-0.25, -0.2) is 13.6 Å². The number of amides is 1. The predicted molar refractivity (Wildman–Crippen MR) is 91.4 cm³/mol. The summed E-state index contributed by atoms with van der Waals surface area (Å²) in [5.74, 6) is 0. The maximum Gasteiger partial charge on any atom is 0.412 e. The van der Waals surface area contributed by atoms with E-state index in [4.69, 9.17) is 4.74 Å². The zero-order chi connectivity index (χ0) is 18.2. The molecule has 0 spiro atoms. The van der Waals surface area contributed by atoms with E-state index in [0.29, 0.717) is 4.90 Å². The summed E-state index contributed by atoms with van der Waals surface area (Å²) >= 11 is -1.81. The van der Waals surface area contributed by atoms with E-state index >= 15 is 0 Å². The van der Waals surface area contributed by atoms with Crippen LogP contribution in [0.2, 0.25) is 0 Å². The third-order valence-corrected chi connectivity index (χ3v) is 4.39. The van der Waals surface area contributed by atoms with Gasteiger partial charge in [0.05, 0.1) is 0 Å². The Kier molecular flexibility index (Phi) is 6.97. The van der Waals surface area contributed by atoms with Gasteiger partial charge >= 0.3 is 6.09 Å². The smallest absolute Gasteiger partial charge is 0.412 e. The molecule has 4 nitrogen and oxygen atoms in total. The van der Waals surface area contributed by atoms with Crippen molar-refractivity contribution in [3.05, 3.63) is 76.8 Å². The molecule has 0 bridgehead atoms. The van der Waals surface area contributed by atoms with Crippen molar-refractivity contribution >= 4 is 17.3 Å². The fourth-order valence-electron chi connectivity index (χ4n) is 1.87. The average Bonchev–Trinajstić information content (AvgIpc) is 2.60. The van der Waals surface area contributed by atoms with Crippen LogP contribution in [0.15, 0.2) is 70.6 Å². The molecule has 0 radical (unpaired) electrons. The Morgan fingerprint density at radius 2 is 1.84 bits per heavy atom. The molecule has 0 fully saturated rings. The molecule has 1 N–H and O–H groups in total. The number of benzene rings is 2. The number of allylic oxidation sites excluding steroid dienone is 1.